The first-order valence-electron chi connectivity index (χ1n) is 4.54. The zero-order valence-corrected chi connectivity index (χ0v) is 8.35. The van der Waals surface area contributed by atoms with Crippen LogP contribution < -0.4 is 5.32 Å². The Bertz CT molecular complexity index is 147. The predicted octanol–water partition coefficient (Wildman–Crippen LogP) is 1.42. The van der Waals surface area contributed by atoms with Gasteiger partial charge in [-0.1, -0.05) is 17.7 Å². The monoisotopic (exact) mass is 188 g/mol. The molecule has 70 valence electrons. The van der Waals surface area contributed by atoms with E-state index >= 15 is 0 Å². The quantitative estimate of drug-likeness (QED) is 0.706. The molecule has 0 spiro atoms. The van der Waals surface area contributed by atoms with Gasteiger partial charge in [0.15, 0.2) is 0 Å². The number of halogens is 1. The Morgan fingerprint density at radius 1 is 1.58 bits per heavy atom. The van der Waals surface area contributed by atoms with E-state index in [1.165, 1.54) is 6.42 Å². The van der Waals surface area contributed by atoms with Crippen LogP contribution in [-0.2, 0) is 0 Å². The molecule has 1 atom stereocenters. The van der Waals surface area contributed by atoms with Crippen molar-refractivity contribution in [1.29, 1.82) is 0 Å². The first-order chi connectivity index (χ1) is 5.84. The van der Waals surface area contributed by atoms with Crippen LogP contribution in [0.4, 0.5) is 0 Å². The Kier molecular flexibility index (Phi) is 4.66. The average molecular weight is 189 g/mol. The fraction of sp³-hybridized carbons (Fsp3) is 0.778. The summed E-state index contributed by atoms with van der Waals surface area (Å²) in [5, 5.41) is 3.39. The summed E-state index contributed by atoms with van der Waals surface area (Å²) in [6.45, 7) is 6.62. The van der Waals surface area contributed by atoms with Crippen LogP contribution >= 0.6 is 11.6 Å². The largest absolute Gasteiger partial charge is 0.315 e. The number of hydrogen-bond acceptors (Lipinski definition) is 2. The van der Waals surface area contributed by atoms with Gasteiger partial charge in [0, 0.05) is 31.2 Å². The van der Waals surface area contributed by atoms with Gasteiger partial charge in [-0.05, 0) is 19.9 Å². The lowest BCUT2D eigenvalue weighted by atomic mass is 10.2. The van der Waals surface area contributed by atoms with Crippen LogP contribution in [0, 0.1) is 0 Å². The van der Waals surface area contributed by atoms with E-state index in [1.807, 2.05) is 6.08 Å². The van der Waals surface area contributed by atoms with E-state index in [0.717, 1.165) is 26.2 Å². The Hall–Kier alpha value is -0.0500. The van der Waals surface area contributed by atoms with Crippen molar-refractivity contribution in [2.24, 2.45) is 0 Å². The number of hydrogen-bond donors (Lipinski definition) is 1. The minimum atomic E-state index is 0.674. The summed E-state index contributed by atoms with van der Waals surface area (Å²) in [5.41, 5.74) is 1.60. The van der Waals surface area contributed by atoms with Crippen LogP contribution in [0.15, 0.2) is 11.6 Å². The van der Waals surface area contributed by atoms with Gasteiger partial charge in [0.25, 0.3) is 0 Å². The highest BCUT2D eigenvalue weighted by Gasteiger charge is 2.14. The summed E-state index contributed by atoms with van der Waals surface area (Å²) in [6.07, 6.45) is 3.24. The molecule has 1 heterocycles. The van der Waals surface area contributed by atoms with Gasteiger partial charge in [-0.25, -0.2) is 0 Å². The predicted molar refractivity (Wildman–Crippen MR) is 53.5 cm³/mol. The molecule has 0 aromatic rings. The molecule has 1 aliphatic rings. The van der Waals surface area contributed by atoms with E-state index in [9.17, 15) is 0 Å². The molecular weight excluding hydrogens is 172 g/mol. The SMILES string of the molecule is CC1CCNCCN1C/C=C/Cl. The molecule has 0 saturated carbocycles. The van der Waals surface area contributed by atoms with Crippen LogP contribution in [0.2, 0.25) is 0 Å². The molecule has 12 heavy (non-hydrogen) atoms. The first-order valence-corrected chi connectivity index (χ1v) is 4.98. The Morgan fingerprint density at radius 2 is 2.42 bits per heavy atom. The van der Waals surface area contributed by atoms with Gasteiger partial charge >= 0.3 is 0 Å². The lowest BCUT2D eigenvalue weighted by molar-refractivity contribution is 0.244. The standard InChI is InChI=1S/C9H17ClN2/c1-9-3-5-11-6-8-12(9)7-2-4-10/h2,4,9,11H,3,5-8H2,1H3/b4-2+. The molecular formula is C9H17ClN2. The fourth-order valence-electron chi connectivity index (χ4n) is 1.51. The number of nitrogens with one attached hydrogen (secondary N) is 1. The van der Waals surface area contributed by atoms with E-state index in [-0.39, 0.29) is 0 Å². The Labute approximate surface area is 79.6 Å². The Morgan fingerprint density at radius 3 is 3.17 bits per heavy atom. The molecule has 0 aliphatic carbocycles. The normalized spacial score (nSPS) is 27.7. The van der Waals surface area contributed by atoms with Gasteiger partial charge in [-0.2, -0.15) is 0 Å². The smallest absolute Gasteiger partial charge is 0.0178 e. The molecule has 0 aromatic heterocycles. The third-order valence-electron chi connectivity index (χ3n) is 2.37. The van der Waals surface area contributed by atoms with Gasteiger partial charge in [-0.3, -0.25) is 4.90 Å². The third kappa shape index (κ3) is 3.13. The second-order valence-electron chi connectivity index (χ2n) is 3.24. The van der Waals surface area contributed by atoms with E-state index in [4.69, 9.17) is 11.6 Å². The molecule has 0 bridgehead atoms. The maximum atomic E-state index is 5.49. The van der Waals surface area contributed by atoms with Crippen LogP contribution in [0.5, 0.6) is 0 Å². The van der Waals surface area contributed by atoms with Gasteiger partial charge in [0.05, 0.1) is 0 Å². The van der Waals surface area contributed by atoms with Crippen molar-refractivity contribution in [2.75, 3.05) is 26.2 Å². The van der Waals surface area contributed by atoms with E-state index in [2.05, 4.69) is 17.1 Å². The molecule has 0 aromatic carbocycles. The summed E-state index contributed by atoms with van der Waals surface area (Å²) in [5.74, 6) is 0. The molecule has 1 N–H and O–H groups in total. The van der Waals surface area contributed by atoms with Gasteiger partial charge in [0.2, 0.25) is 0 Å². The molecule has 0 amide bonds. The summed E-state index contributed by atoms with van der Waals surface area (Å²) >= 11 is 5.49. The lowest BCUT2D eigenvalue weighted by Gasteiger charge is -2.24. The first kappa shape index (κ1) is 10.0. The summed E-state index contributed by atoms with van der Waals surface area (Å²) in [7, 11) is 0. The highest BCUT2D eigenvalue weighted by molar-refractivity contribution is 6.25. The van der Waals surface area contributed by atoms with Gasteiger partial charge in [-0.15, -0.1) is 0 Å². The molecule has 1 fully saturated rings. The molecule has 0 radical (unpaired) electrons. The second-order valence-corrected chi connectivity index (χ2v) is 3.50. The third-order valence-corrected chi connectivity index (χ3v) is 2.55. The molecule has 1 rings (SSSR count). The van der Waals surface area contributed by atoms with Crippen molar-refractivity contribution >= 4 is 11.6 Å². The minimum Gasteiger partial charge on any atom is -0.315 e. The van der Waals surface area contributed by atoms with Crippen molar-refractivity contribution in [3.63, 3.8) is 0 Å². The number of nitrogens with zero attached hydrogens (tertiary/aromatic N) is 1. The summed E-state index contributed by atoms with van der Waals surface area (Å²) in [6, 6.07) is 0.674. The lowest BCUT2D eigenvalue weighted by Crippen LogP contribution is -2.34. The van der Waals surface area contributed by atoms with E-state index in [1.54, 1.807) is 5.54 Å². The van der Waals surface area contributed by atoms with Crippen molar-refractivity contribution in [3.05, 3.63) is 11.6 Å². The van der Waals surface area contributed by atoms with Crippen molar-refractivity contribution in [1.82, 2.24) is 10.2 Å². The molecule has 1 saturated heterocycles. The second kappa shape index (κ2) is 5.57. The van der Waals surface area contributed by atoms with Crippen LogP contribution in [0.25, 0.3) is 0 Å². The van der Waals surface area contributed by atoms with E-state index < -0.39 is 0 Å². The molecule has 1 aliphatic heterocycles. The van der Waals surface area contributed by atoms with Crippen LogP contribution in [0.3, 0.4) is 0 Å². The molecule has 2 nitrogen and oxygen atoms in total. The van der Waals surface area contributed by atoms with Crippen molar-refractivity contribution < 1.29 is 0 Å². The summed E-state index contributed by atoms with van der Waals surface area (Å²) < 4.78 is 0. The zero-order chi connectivity index (χ0) is 8.81. The zero-order valence-electron chi connectivity index (χ0n) is 7.59. The average Bonchev–Trinajstić information content (AvgIpc) is 2.27. The van der Waals surface area contributed by atoms with E-state index in [0.29, 0.717) is 6.04 Å². The Balaban J connectivity index is 2.36. The van der Waals surface area contributed by atoms with Crippen molar-refractivity contribution in [2.45, 2.75) is 19.4 Å². The van der Waals surface area contributed by atoms with Crippen LogP contribution in [-0.4, -0.2) is 37.1 Å². The topological polar surface area (TPSA) is 15.3 Å². The highest BCUT2D eigenvalue weighted by atomic mass is 35.5. The van der Waals surface area contributed by atoms with Gasteiger partial charge < -0.3 is 5.32 Å². The van der Waals surface area contributed by atoms with Crippen LogP contribution in [0.1, 0.15) is 13.3 Å². The van der Waals surface area contributed by atoms with Gasteiger partial charge in [0.1, 0.15) is 0 Å². The molecule has 1 unspecified atom stereocenters. The fourth-order valence-corrected chi connectivity index (χ4v) is 1.59. The number of rotatable bonds is 2. The highest BCUT2D eigenvalue weighted by Crippen LogP contribution is 2.05. The minimum absolute atomic E-state index is 0.674. The molecule has 3 heteroatoms. The maximum absolute atomic E-state index is 5.49. The summed E-state index contributed by atoms with van der Waals surface area (Å²) in [4.78, 5) is 2.44. The van der Waals surface area contributed by atoms with Crippen molar-refractivity contribution in [3.8, 4) is 0 Å². The maximum Gasteiger partial charge on any atom is 0.0178 e.